The lowest BCUT2D eigenvalue weighted by atomic mass is 10.2. The van der Waals surface area contributed by atoms with Crippen LogP contribution in [0.4, 0.5) is 5.69 Å². The Hall–Kier alpha value is -2.28. The van der Waals surface area contributed by atoms with Gasteiger partial charge in [0.15, 0.2) is 10.7 Å². The van der Waals surface area contributed by atoms with Crippen LogP contribution in [0.1, 0.15) is 17.1 Å². The van der Waals surface area contributed by atoms with Crippen LogP contribution in [0, 0.1) is 20.8 Å². The van der Waals surface area contributed by atoms with Crippen molar-refractivity contribution in [2.75, 3.05) is 4.72 Å². The van der Waals surface area contributed by atoms with Crippen LogP contribution in [0.3, 0.4) is 0 Å². The van der Waals surface area contributed by atoms with Gasteiger partial charge in [-0.15, -0.1) is 0 Å². The number of anilines is 1. The molecule has 3 aromatic rings. The molecule has 0 unspecified atom stereocenters. The molecule has 6 nitrogen and oxygen atoms in total. The first-order chi connectivity index (χ1) is 9.88. The van der Waals surface area contributed by atoms with Crippen molar-refractivity contribution < 1.29 is 12.9 Å². The highest BCUT2D eigenvalue weighted by Crippen LogP contribution is 2.28. The van der Waals surface area contributed by atoms with Gasteiger partial charge < -0.3 is 9.51 Å². The van der Waals surface area contributed by atoms with Crippen LogP contribution in [-0.4, -0.2) is 18.6 Å². The molecule has 0 spiro atoms. The van der Waals surface area contributed by atoms with Gasteiger partial charge in [0.25, 0.3) is 10.0 Å². The molecule has 0 atom stereocenters. The monoisotopic (exact) mass is 305 g/mol. The molecule has 0 radical (unpaired) electrons. The summed E-state index contributed by atoms with van der Waals surface area (Å²) in [5.41, 5.74) is 2.72. The van der Waals surface area contributed by atoms with Gasteiger partial charge in [0.05, 0.1) is 5.69 Å². The van der Waals surface area contributed by atoms with Gasteiger partial charge >= 0.3 is 0 Å². The summed E-state index contributed by atoms with van der Waals surface area (Å²) in [6.07, 6.45) is 0. The molecule has 0 aliphatic rings. The SMILES string of the molecule is Cc1cc2c(NS(=O)(=O)c3c(C)noc3C)cccc2[nH]1. The molecule has 0 saturated carbocycles. The van der Waals surface area contributed by atoms with Gasteiger partial charge in [-0.25, -0.2) is 8.42 Å². The molecule has 0 saturated heterocycles. The summed E-state index contributed by atoms with van der Waals surface area (Å²) >= 11 is 0. The van der Waals surface area contributed by atoms with Crippen LogP contribution in [0.25, 0.3) is 10.9 Å². The maximum Gasteiger partial charge on any atom is 0.267 e. The number of hydrogen-bond donors (Lipinski definition) is 2. The Morgan fingerprint density at radius 1 is 1.24 bits per heavy atom. The maximum atomic E-state index is 12.5. The third kappa shape index (κ3) is 2.29. The number of aromatic amines is 1. The highest BCUT2D eigenvalue weighted by Gasteiger charge is 2.24. The van der Waals surface area contributed by atoms with E-state index >= 15 is 0 Å². The number of sulfonamides is 1. The largest absolute Gasteiger partial charge is 0.360 e. The summed E-state index contributed by atoms with van der Waals surface area (Å²) in [5.74, 6) is 0.275. The average Bonchev–Trinajstić information content (AvgIpc) is 2.92. The van der Waals surface area contributed by atoms with Gasteiger partial charge in [-0.2, -0.15) is 0 Å². The second kappa shape index (κ2) is 4.63. The molecular weight excluding hydrogens is 290 g/mol. The number of hydrogen-bond acceptors (Lipinski definition) is 4. The number of benzene rings is 1. The smallest absolute Gasteiger partial charge is 0.267 e. The zero-order valence-electron chi connectivity index (χ0n) is 11.9. The normalized spacial score (nSPS) is 12.0. The molecule has 110 valence electrons. The molecule has 0 fully saturated rings. The number of rotatable bonds is 3. The Kier molecular flexibility index (Phi) is 3.02. The van der Waals surface area contributed by atoms with Crippen molar-refractivity contribution in [3.05, 3.63) is 41.4 Å². The van der Waals surface area contributed by atoms with Crippen LogP contribution >= 0.6 is 0 Å². The van der Waals surface area contributed by atoms with E-state index in [-0.39, 0.29) is 10.7 Å². The third-order valence-electron chi connectivity index (χ3n) is 3.28. The number of H-pyrrole nitrogens is 1. The zero-order chi connectivity index (χ0) is 15.2. The molecule has 2 aromatic heterocycles. The average molecular weight is 305 g/mol. The lowest BCUT2D eigenvalue weighted by Gasteiger charge is -2.08. The van der Waals surface area contributed by atoms with Gasteiger partial charge in [-0.05, 0) is 39.0 Å². The van der Waals surface area contributed by atoms with E-state index in [0.29, 0.717) is 11.4 Å². The first-order valence-electron chi connectivity index (χ1n) is 6.42. The first-order valence-corrected chi connectivity index (χ1v) is 7.91. The van der Waals surface area contributed by atoms with Crippen molar-refractivity contribution in [2.45, 2.75) is 25.7 Å². The molecule has 0 bridgehead atoms. The fourth-order valence-corrected chi connectivity index (χ4v) is 3.85. The minimum Gasteiger partial charge on any atom is -0.360 e. The number of fused-ring (bicyclic) bond motifs is 1. The van der Waals surface area contributed by atoms with Crippen LogP contribution < -0.4 is 4.72 Å². The van der Waals surface area contributed by atoms with Crippen molar-refractivity contribution in [1.82, 2.24) is 10.1 Å². The summed E-state index contributed by atoms with van der Waals surface area (Å²) in [6.45, 7) is 5.11. The van der Waals surface area contributed by atoms with E-state index in [9.17, 15) is 8.42 Å². The number of nitrogens with zero attached hydrogens (tertiary/aromatic N) is 1. The van der Waals surface area contributed by atoms with Gasteiger partial charge in [0, 0.05) is 16.6 Å². The summed E-state index contributed by atoms with van der Waals surface area (Å²) in [7, 11) is -3.73. The molecule has 3 rings (SSSR count). The Morgan fingerprint density at radius 3 is 2.67 bits per heavy atom. The van der Waals surface area contributed by atoms with E-state index in [1.165, 1.54) is 0 Å². The molecule has 0 amide bonds. The standard InChI is InChI=1S/C14H15N3O3S/c1-8-7-11-12(15-8)5-4-6-13(11)17-21(18,19)14-9(2)16-20-10(14)3/h4-7,15,17H,1-3H3. The topological polar surface area (TPSA) is 88.0 Å². The van der Waals surface area contributed by atoms with Crippen LogP contribution in [0.2, 0.25) is 0 Å². The van der Waals surface area contributed by atoms with E-state index in [0.717, 1.165) is 16.6 Å². The van der Waals surface area contributed by atoms with Crippen molar-refractivity contribution >= 4 is 26.6 Å². The third-order valence-corrected chi connectivity index (χ3v) is 4.89. The van der Waals surface area contributed by atoms with Crippen molar-refractivity contribution in [3.8, 4) is 0 Å². The Balaban J connectivity index is 2.10. The molecule has 0 aliphatic heterocycles. The van der Waals surface area contributed by atoms with Crippen LogP contribution in [0.5, 0.6) is 0 Å². The van der Waals surface area contributed by atoms with E-state index < -0.39 is 10.0 Å². The van der Waals surface area contributed by atoms with Crippen molar-refractivity contribution in [1.29, 1.82) is 0 Å². The molecule has 2 N–H and O–H groups in total. The molecule has 7 heteroatoms. The number of nitrogens with one attached hydrogen (secondary N) is 2. The van der Waals surface area contributed by atoms with Crippen molar-refractivity contribution in [3.63, 3.8) is 0 Å². The summed E-state index contributed by atoms with van der Waals surface area (Å²) in [6, 6.07) is 7.32. The summed E-state index contributed by atoms with van der Waals surface area (Å²) in [4.78, 5) is 3.27. The van der Waals surface area contributed by atoms with Gasteiger partial charge in [-0.3, -0.25) is 4.72 Å². The Labute approximate surface area is 122 Å². The minimum atomic E-state index is -3.73. The van der Waals surface area contributed by atoms with E-state index in [4.69, 9.17) is 4.52 Å². The Morgan fingerprint density at radius 2 is 2.00 bits per heavy atom. The molecule has 2 heterocycles. The van der Waals surface area contributed by atoms with E-state index in [2.05, 4.69) is 14.9 Å². The minimum absolute atomic E-state index is 0.0896. The van der Waals surface area contributed by atoms with Crippen LogP contribution in [-0.2, 0) is 10.0 Å². The summed E-state index contributed by atoms with van der Waals surface area (Å²) < 4.78 is 32.6. The second-order valence-corrected chi connectivity index (χ2v) is 6.60. The van der Waals surface area contributed by atoms with Gasteiger partial charge in [0.1, 0.15) is 5.69 Å². The van der Waals surface area contributed by atoms with E-state index in [1.807, 2.05) is 19.1 Å². The number of aromatic nitrogens is 2. The quantitative estimate of drug-likeness (QED) is 0.778. The Bertz CT molecular complexity index is 903. The molecule has 1 aromatic carbocycles. The highest BCUT2D eigenvalue weighted by atomic mass is 32.2. The van der Waals surface area contributed by atoms with Crippen molar-refractivity contribution in [2.24, 2.45) is 0 Å². The molecular formula is C14H15N3O3S. The fraction of sp³-hybridized carbons (Fsp3) is 0.214. The fourth-order valence-electron chi connectivity index (χ4n) is 2.44. The highest BCUT2D eigenvalue weighted by molar-refractivity contribution is 7.92. The number of aryl methyl sites for hydroxylation is 3. The molecule has 0 aliphatic carbocycles. The maximum absolute atomic E-state index is 12.5. The van der Waals surface area contributed by atoms with E-state index in [1.54, 1.807) is 26.0 Å². The van der Waals surface area contributed by atoms with Crippen LogP contribution in [0.15, 0.2) is 33.7 Å². The summed E-state index contributed by atoms with van der Waals surface area (Å²) in [5, 5.41) is 4.51. The predicted molar refractivity (Wildman–Crippen MR) is 79.8 cm³/mol. The second-order valence-electron chi connectivity index (χ2n) is 4.98. The lowest BCUT2D eigenvalue weighted by molar-refractivity contribution is 0.390. The van der Waals surface area contributed by atoms with Gasteiger partial charge in [0.2, 0.25) is 0 Å². The molecule has 21 heavy (non-hydrogen) atoms. The first kappa shape index (κ1) is 13.7. The predicted octanol–water partition coefficient (Wildman–Crippen LogP) is 2.88. The zero-order valence-corrected chi connectivity index (χ0v) is 12.7. The lowest BCUT2D eigenvalue weighted by Crippen LogP contribution is -2.14. The van der Waals surface area contributed by atoms with Gasteiger partial charge in [-0.1, -0.05) is 11.2 Å².